The molecule has 1 heterocycles. The first kappa shape index (κ1) is 16.8. The fourth-order valence-corrected chi connectivity index (χ4v) is 3.91. The predicted molar refractivity (Wildman–Crippen MR) is 88.0 cm³/mol. The van der Waals surface area contributed by atoms with E-state index in [1.165, 1.54) is 38.5 Å². The zero-order valence-corrected chi connectivity index (χ0v) is 14.2. The highest BCUT2D eigenvalue weighted by molar-refractivity contribution is 5.84. The van der Waals surface area contributed by atoms with E-state index in [9.17, 15) is 4.79 Å². The molecule has 1 saturated heterocycles. The van der Waals surface area contributed by atoms with Gasteiger partial charge in [0.25, 0.3) is 0 Å². The Labute approximate surface area is 130 Å². The molecule has 0 bridgehead atoms. The third-order valence-electron chi connectivity index (χ3n) is 5.50. The standard InChI is InChI=1S/C18H34N2O/c1-4-6-7-16-18(21)20(17(5-2)19-16)13-12-15-10-8-14(3)9-11-15/h14-17,19H,4-13H2,1-3H3. The Hall–Kier alpha value is -0.570. The first-order chi connectivity index (χ1) is 10.2. The summed E-state index contributed by atoms with van der Waals surface area (Å²) in [5.41, 5.74) is 0. The van der Waals surface area contributed by atoms with Crippen LogP contribution in [0.3, 0.4) is 0 Å². The molecule has 1 saturated carbocycles. The summed E-state index contributed by atoms with van der Waals surface area (Å²) in [6, 6.07) is 0.0845. The lowest BCUT2D eigenvalue weighted by atomic mass is 9.81. The summed E-state index contributed by atoms with van der Waals surface area (Å²) >= 11 is 0. The lowest BCUT2D eigenvalue weighted by molar-refractivity contribution is -0.130. The van der Waals surface area contributed by atoms with Crippen LogP contribution in [-0.4, -0.2) is 29.6 Å². The Bertz CT molecular complexity index is 323. The van der Waals surface area contributed by atoms with Gasteiger partial charge >= 0.3 is 0 Å². The van der Waals surface area contributed by atoms with Crippen molar-refractivity contribution in [2.45, 2.75) is 90.8 Å². The maximum absolute atomic E-state index is 12.6. The van der Waals surface area contributed by atoms with Gasteiger partial charge in [0.1, 0.15) is 0 Å². The zero-order chi connectivity index (χ0) is 15.2. The van der Waals surface area contributed by atoms with Crippen LogP contribution in [0.5, 0.6) is 0 Å². The predicted octanol–water partition coefficient (Wildman–Crippen LogP) is 3.93. The third-order valence-corrected chi connectivity index (χ3v) is 5.50. The molecule has 1 N–H and O–H groups in total. The number of nitrogens with zero attached hydrogens (tertiary/aromatic N) is 1. The monoisotopic (exact) mass is 294 g/mol. The quantitative estimate of drug-likeness (QED) is 0.771. The lowest BCUT2D eigenvalue weighted by Crippen LogP contribution is -2.38. The summed E-state index contributed by atoms with van der Waals surface area (Å²) in [4.78, 5) is 14.7. The van der Waals surface area contributed by atoms with Crippen molar-refractivity contribution in [3.05, 3.63) is 0 Å². The lowest BCUT2D eigenvalue weighted by Gasteiger charge is -2.29. The van der Waals surface area contributed by atoms with Crippen LogP contribution in [0.2, 0.25) is 0 Å². The molecule has 3 heteroatoms. The molecule has 122 valence electrons. The van der Waals surface area contributed by atoms with Crippen LogP contribution in [0.1, 0.15) is 78.6 Å². The summed E-state index contributed by atoms with van der Waals surface area (Å²) in [6.07, 6.45) is 11.3. The topological polar surface area (TPSA) is 32.3 Å². The number of nitrogens with one attached hydrogen (secondary N) is 1. The van der Waals surface area contributed by atoms with Crippen LogP contribution in [0.15, 0.2) is 0 Å². The SMILES string of the molecule is CCCCC1NC(CC)N(CCC2CCC(C)CC2)C1=O. The molecule has 2 unspecified atom stereocenters. The summed E-state index contributed by atoms with van der Waals surface area (Å²) in [7, 11) is 0. The molecule has 1 amide bonds. The van der Waals surface area contributed by atoms with Gasteiger partial charge < -0.3 is 4.90 Å². The Morgan fingerprint density at radius 1 is 1.14 bits per heavy atom. The van der Waals surface area contributed by atoms with Crippen molar-refractivity contribution in [3.8, 4) is 0 Å². The van der Waals surface area contributed by atoms with E-state index in [1.807, 2.05) is 0 Å². The first-order valence-corrected chi connectivity index (χ1v) is 9.22. The number of hydrogen-bond donors (Lipinski definition) is 1. The summed E-state index contributed by atoms with van der Waals surface area (Å²) in [5, 5.41) is 3.55. The Morgan fingerprint density at radius 3 is 2.48 bits per heavy atom. The van der Waals surface area contributed by atoms with Gasteiger partial charge in [0, 0.05) is 6.54 Å². The van der Waals surface area contributed by atoms with Crippen LogP contribution >= 0.6 is 0 Å². The minimum Gasteiger partial charge on any atom is -0.326 e. The van der Waals surface area contributed by atoms with Crippen molar-refractivity contribution in [2.24, 2.45) is 11.8 Å². The molecule has 1 aliphatic carbocycles. The number of amides is 1. The van der Waals surface area contributed by atoms with E-state index < -0.39 is 0 Å². The second kappa shape index (κ2) is 8.17. The van der Waals surface area contributed by atoms with Crippen molar-refractivity contribution in [3.63, 3.8) is 0 Å². The van der Waals surface area contributed by atoms with Crippen molar-refractivity contribution in [1.29, 1.82) is 0 Å². The highest BCUT2D eigenvalue weighted by Gasteiger charge is 2.37. The summed E-state index contributed by atoms with van der Waals surface area (Å²) in [6.45, 7) is 7.71. The molecule has 2 rings (SSSR count). The molecule has 21 heavy (non-hydrogen) atoms. The minimum absolute atomic E-state index is 0.0845. The van der Waals surface area contributed by atoms with Crippen LogP contribution < -0.4 is 5.32 Å². The molecular weight excluding hydrogens is 260 g/mol. The Balaban J connectivity index is 1.81. The van der Waals surface area contributed by atoms with Gasteiger partial charge in [-0.25, -0.2) is 0 Å². The van der Waals surface area contributed by atoms with Crippen LogP contribution in [0.4, 0.5) is 0 Å². The molecule has 0 aromatic heterocycles. The largest absolute Gasteiger partial charge is 0.326 e. The molecule has 2 aliphatic rings. The Kier molecular flexibility index (Phi) is 6.53. The van der Waals surface area contributed by atoms with Gasteiger partial charge in [0.2, 0.25) is 5.91 Å². The van der Waals surface area contributed by atoms with Gasteiger partial charge in [-0.2, -0.15) is 0 Å². The van der Waals surface area contributed by atoms with E-state index in [0.717, 1.165) is 37.6 Å². The molecule has 2 fully saturated rings. The van der Waals surface area contributed by atoms with Gasteiger partial charge in [0.15, 0.2) is 0 Å². The summed E-state index contributed by atoms with van der Waals surface area (Å²) < 4.78 is 0. The van der Waals surface area contributed by atoms with Gasteiger partial charge in [-0.05, 0) is 31.1 Å². The van der Waals surface area contributed by atoms with Crippen LogP contribution in [0, 0.1) is 11.8 Å². The molecule has 3 nitrogen and oxygen atoms in total. The van der Waals surface area contributed by atoms with E-state index in [0.29, 0.717) is 5.91 Å². The number of hydrogen-bond acceptors (Lipinski definition) is 2. The van der Waals surface area contributed by atoms with Gasteiger partial charge in [0.05, 0.1) is 12.2 Å². The zero-order valence-electron chi connectivity index (χ0n) is 14.2. The van der Waals surface area contributed by atoms with E-state index in [-0.39, 0.29) is 12.2 Å². The van der Waals surface area contributed by atoms with Crippen molar-refractivity contribution < 1.29 is 4.79 Å². The molecule has 0 spiro atoms. The van der Waals surface area contributed by atoms with Crippen LogP contribution in [0.25, 0.3) is 0 Å². The summed E-state index contributed by atoms with van der Waals surface area (Å²) in [5.74, 6) is 2.12. The maximum atomic E-state index is 12.6. The number of unbranched alkanes of at least 4 members (excludes halogenated alkanes) is 1. The Morgan fingerprint density at radius 2 is 1.86 bits per heavy atom. The normalized spacial score (nSPS) is 33.7. The molecule has 0 radical (unpaired) electrons. The molecule has 0 aromatic rings. The maximum Gasteiger partial charge on any atom is 0.241 e. The van der Waals surface area contributed by atoms with Crippen molar-refractivity contribution in [1.82, 2.24) is 10.2 Å². The number of rotatable bonds is 7. The minimum atomic E-state index is 0.0845. The number of carbonyl (C=O) groups is 1. The van der Waals surface area contributed by atoms with Crippen molar-refractivity contribution in [2.75, 3.05) is 6.54 Å². The van der Waals surface area contributed by atoms with E-state index >= 15 is 0 Å². The fraction of sp³-hybridized carbons (Fsp3) is 0.944. The van der Waals surface area contributed by atoms with E-state index in [2.05, 4.69) is 31.0 Å². The second-order valence-electron chi connectivity index (χ2n) is 7.23. The smallest absolute Gasteiger partial charge is 0.241 e. The average Bonchev–Trinajstić information content (AvgIpc) is 2.80. The first-order valence-electron chi connectivity index (χ1n) is 9.22. The fourth-order valence-electron chi connectivity index (χ4n) is 3.91. The van der Waals surface area contributed by atoms with E-state index in [1.54, 1.807) is 0 Å². The van der Waals surface area contributed by atoms with Crippen molar-refractivity contribution >= 4 is 5.91 Å². The highest BCUT2D eigenvalue weighted by atomic mass is 16.2. The van der Waals surface area contributed by atoms with Gasteiger partial charge in [-0.1, -0.05) is 59.3 Å². The molecule has 0 aromatic carbocycles. The molecular formula is C18H34N2O. The molecule has 1 aliphatic heterocycles. The molecule has 2 atom stereocenters. The third kappa shape index (κ3) is 4.45. The average molecular weight is 294 g/mol. The van der Waals surface area contributed by atoms with Crippen LogP contribution in [-0.2, 0) is 4.79 Å². The second-order valence-corrected chi connectivity index (χ2v) is 7.23. The highest BCUT2D eigenvalue weighted by Crippen LogP contribution is 2.31. The van der Waals surface area contributed by atoms with E-state index in [4.69, 9.17) is 0 Å². The number of carbonyl (C=O) groups excluding carboxylic acids is 1. The van der Waals surface area contributed by atoms with Gasteiger partial charge in [-0.15, -0.1) is 0 Å². The van der Waals surface area contributed by atoms with Gasteiger partial charge in [-0.3, -0.25) is 10.1 Å².